The summed E-state index contributed by atoms with van der Waals surface area (Å²) in [6, 6.07) is 0. The van der Waals surface area contributed by atoms with Gasteiger partial charge in [-0.1, -0.05) is 0 Å². The minimum atomic E-state index is -0.0837. The molecule has 0 amide bonds. The van der Waals surface area contributed by atoms with E-state index in [0.717, 1.165) is 13.0 Å². The molecule has 2 rings (SSSR count). The van der Waals surface area contributed by atoms with E-state index < -0.39 is 0 Å². The van der Waals surface area contributed by atoms with Gasteiger partial charge in [0, 0.05) is 30.6 Å². The van der Waals surface area contributed by atoms with E-state index in [2.05, 4.69) is 11.1 Å². The van der Waals surface area contributed by atoms with Crippen molar-refractivity contribution in [1.29, 1.82) is 0 Å². The zero-order valence-electron chi connectivity index (χ0n) is 9.68. The molecular formula is C11H18N2O2S. The van der Waals surface area contributed by atoms with E-state index in [1.807, 2.05) is 14.0 Å². The molecule has 1 fully saturated rings. The second-order valence-electron chi connectivity index (χ2n) is 4.33. The summed E-state index contributed by atoms with van der Waals surface area (Å²) >= 11 is 1.68. The minimum absolute atomic E-state index is 0.0500. The molecule has 2 aliphatic heterocycles. The highest BCUT2D eigenvalue weighted by Crippen LogP contribution is 2.46. The third-order valence-corrected chi connectivity index (χ3v) is 4.22. The molecule has 0 aromatic rings. The van der Waals surface area contributed by atoms with Crippen LogP contribution in [0, 0.1) is 11.8 Å². The lowest BCUT2D eigenvalue weighted by Crippen LogP contribution is -2.38. The van der Waals surface area contributed by atoms with Crippen molar-refractivity contribution in [2.75, 3.05) is 20.2 Å². The first kappa shape index (κ1) is 11.8. The largest absolute Gasteiger partial charge is 0.466 e. The van der Waals surface area contributed by atoms with Gasteiger partial charge in [-0.05, 0) is 13.3 Å². The fourth-order valence-corrected chi connectivity index (χ4v) is 3.69. The number of nitrogens with two attached hydrogens (primary N) is 1. The Balaban J connectivity index is 2.15. The zero-order chi connectivity index (χ0) is 11.7. The molecule has 16 heavy (non-hydrogen) atoms. The molecule has 1 saturated heterocycles. The molecule has 0 aromatic carbocycles. The van der Waals surface area contributed by atoms with E-state index in [1.54, 1.807) is 11.8 Å². The molecule has 4 nitrogen and oxygen atoms in total. The smallest absolute Gasteiger partial charge is 0.311 e. The molecule has 0 aromatic heterocycles. The average Bonchev–Trinajstić information content (AvgIpc) is 2.57. The minimum Gasteiger partial charge on any atom is -0.466 e. The van der Waals surface area contributed by atoms with Crippen LogP contribution in [-0.2, 0) is 9.53 Å². The second kappa shape index (κ2) is 4.67. The fraction of sp³-hybridized carbons (Fsp3) is 0.727. The van der Waals surface area contributed by atoms with Gasteiger partial charge >= 0.3 is 5.97 Å². The predicted octanol–water partition coefficient (Wildman–Crippen LogP) is 0.990. The SMILES string of the molecule is CCOC(=O)C1CN(C)C=C2SC(N)CC21. The highest BCUT2D eigenvalue weighted by Gasteiger charge is 2.41. The quantitative estimate of drug-likeness (QED) is 0.732. The fourth-order valence-electron chi connectivity index (χ4n) is 2.36. The van der Waals surface area contributed by atoms with Gasteiger partial charge in [0.15, 0.2) is 0 Å². The van der Waals surface area contributed by atoms with Gasteiger partial charge in [0.2, 0.25) is 0 Å². The van der Waals surface area contributed by atoms with Gasteiger partial charge in [-0.3, -0.25) is 4.79 Å². The molecule has 2 N–H and O–H groups in total. The summed E-state index contributed by atoms with van der Waals surface area (Å²) < 4.78 is 5.13. The van der Waals surface area contributed by atoms with Crippen LogP contribution in [0.5, 0.6) is 0 Å². The van der Waals surface area contributed by atoms with Crippen LogP contribution in [0.3, 0.4) is 0 Å². The number of thioether (sulfide) groups is 1. The Morgan fingerprint density at radius 1 is 1.75 bits per heavy atom. The normalized spacial score (nSPS) is 33.3. The van der Waals surface area contributed by atoms with Gasteiger partial charge in [0.25, 0.3) is 0 Å². The average molecular weight is 242 g/mol. The van der Waals surface area contributed by atoms with E-state index in [0.29, 0.717) is 6.61 Å². The Kier molecular flexibility index (Phi) is 3.44. The summed E-state index contributed by atoms with van der Waals surface area (Å²) in [5.74, 6) is 0.140. The van der Waals surface area contributed by atoms with Crippen LogP contribution in [0.1, 0.15) is 13.3 Å². The van der Waals surface area contributed by atoms with Crippen molar-refractivity contribution < 1.29 is 9.53 Å². The van der Waals surface area contributed by atoms with Gasteiger partial charge in [0.1, 0.15) is 0 Å². The number of carbonyl (C=O) groups excluding carboxylic acids is 1. The van der Waals surface area contributed by atoms with Crippen molar-refractivity contribution in [3.63, 3.8) is 0 Å². The number of rotatable bonds is 2. The maximum Gasteiger partial charge on any atom is 0.311 e. The lowest BCUT2D eigenvalue weighted by molar-refractivity contribution is -0.150. The molecule has 0 radical (unpaired) electrons. The Hall–Kier alpha value is -0.680. The summed E-state index contributed by atoms with van der Waals surface area (Å²) in [5.41, 5.74) is 5.93. The molecule has 3 unspecified atom stereocenters. The van der Waals surface area contributed by atoms with Crippen LogP contribution in [-0.4, -0.2) is 36.4 Å². The molecule has 5 heteroatoms. The molecule has 0 saturated carbocycles. The number of fused-ring (bicyclic) bond motifs is 1. The lowest BCUT2D eigenvalue weighted by atomic mass is 9.87. The summed E-state index contributed by atoms with van der Waals surface area (Å²) in [7, 11) is 1.99. The van der Waals surface area contributed by atoms with Crippen molar-refractivity contribution in [3.05, 3.63) is 11.1 Å². The number of carbonyl (C=O) groups is 1. The molecule has 2 heterocycles. The highest BCUT2D eigenvalue weighted by atomic mass is 32.2. The first-order valence-electron chi connectivity index (χ1n) is 5.62. The van der Waals surface area contributed by atoms with Crippen LogP contribution in [0.15, 0.2) is 11.1 Å². The molecule has 90 valence electrons. The van der Waals surface area contributed by atoms with E-state index in [1.165, 1.54) is 4.91 Å². The molecule has 0 spiro atoms. The second-order valence-corrected chi connectivity index (χ2v) is 5.64. The first-order valence-corrected chi connectivity index (χ1v) is 6.50. The topological polar surface area (TPSA) is 55.6 Å². The van der Waals surface area contributed by atoms with Crippen LogP contribution in [0.25, 0.3) is 0 Å². The third kappa shape index (κ3) is 2.20. The third-order valence-electron chi connectivity index (χ3n) is 3.05. The van der Waals surface area contributed by atoms with Crippen LogP contribution >= 0.6 is 11.8 Å². The molecule has 3 atom stereocenters. The maximum absolute atomic E-state index is 11.9. The van der Waals surface area contributed by atoms with Crippen LogP contribution in [0.4, 0.5) is 0 Å². The molecule has 2 aliphatic rings. The van der Waals surface area contributed by atoms with E-state index in [4.69, 9.17) is 10.5 Å². The summed E-state index contributed by atoms with van der Waals surface area (Å²) in [6.45, 7) is 3.03. The highest BCUT2D eigenvalue weighted by molar-refractivity contribution is 8.03. The first-order chi connectivity index (χ1) is 7.61. The maximum atomic E-state index is 11.9. The number of esters is 1. The number of hydrogen-bond acceptors (Lipinski definition) is 5. The lowest BCUT2D eigenvalue weighted by Gasteiger charge is -2.31. The van der Waals surface area contributed by atoms with E-state index >= 15 is 0 Å². The van der Waals surface area contributed by atoms with Crippen molar-refractivity contribution >= 4 is 17.7 Å². The van der Waals surface area contributed by atoms with E-state index in [9.17, 15) is 4.79 Å². The van der Waals surface area contributed by atoms with Crippen molar-refractivity contribution in [1.82, 2.24) is 4.90 Å². The van der Waals surface area contributed by atoms with E-state index in [-0.39, 0.29) is 23.2 Å². The number of hydrogen-bond donors (Lipinski definition) is 1. The summed E-state index contributed by atoms with van der Waals surface area (Å²) in [4.78, 5) is 15.2. The molecule has 0 aliphatic carbocycles. The Morgan fingerprint density at radius 3 is 3.19 bits per heavy atom. The molecule has 0 bridgehead atoms. The predicted molar refractivity (Wildman–Crippen MR) is 64.5 cm³/mol. The van der Waals surface area contributed by atoms with Crippen LogP contribution < -0.4 is 5.73 Å². The van der Waals surface area contributed by atoms with Gasteiger partial charge in [-0.2, -0.15) is 0 Å². The zero-order valence-corrected chi connectivity index (χ0v) is 10.5. The standard InChI is InChI=1S/C11H18N2O2S/c1-3-15-11(14)8-5-13(2)6-9-7(8)4-10(12)16-9/h6-8,10H,3-5,12H2,1-2H3. The Morgan fingerprint density at radius 2 is 2.50 bits per heavy atom. The van der Waals surface area contributed by atoms with Crippen molar-refractivity contribution in [3.8, 4) is 0 Å². The van der Waals surface area contributed by atoms with Crippen molar-refractivity contribution in [2.24, 2.45) is 17.6 Å². The van der Waals surface area contributed by atoms with Crippen LogP contribution in [0.2, 0.25) is 0 Å². The molecular weight excluding hydrogens is 224 g/mol. The number of allylic oxidation sites excluding steroid dienone is 1. The van der Waals surface area contributed by atoms with Crippen molar-refractivity contribution in [2.45, 2.75) is 18.7 Å². The van der Waals surface area contributed by atoms with Gasteiger partial charge in [0.05, 0.1) is 17.9 Å². The Bertz CT molecular complexity index is 319. The number of ether oxygens (including phenoxy) is 1. The summed E-state index contributed by atoms with van der Waals surface area (Å²) in [5, 5.41) is 0.125. The van der Waals surface area contributed by atoms with Gasteiger partial charge in [-0.15, -0.1) is 11.8 Å². The number of nitrogens with zero attached hydrogens (tertiary/aromatic N) is 1. The van der Waals surface area contributed by atoms with Gasteiger partial charge < -0.3 is 15.4 Å². The van der Waals surface area contributed by atoms with Gasteiger partial charge in [-0.25, -0.2) is 0 Å². The summed E-state index contributed by atoms with van der Waals surface area (Å²) in [6.07, 6.45) is 2.99. The Labute approximate surface area is 100 Å². The monoisotopic (exact) mass is 242 g/mol.